The van der Waals surface area contributed by atoms with Gasteiger partial charge >= 0.3 is 12.1 Å². The van der Waals surface area contributed by atoms with Gasteiger partial charge in [0.15, 0.2) is 5.82 Å². The zero-order chi connectivity index (χ0) is 18.4. The van der Waals surface area contributed by atoms with Crippen LogP contribution in [-0.2, 0) is 22.8 Å². The molecule has 1 N–H and O–H groups in total. The first-order valence-corrected chi connectivity index (χ1v) is 7.62. The van der Waals surface area contributed by atoms with Crippen LogP contribution in [0, 0.1) is 0 Å². The minimum atomic E-state index is -4.52. The lowest BCUT2D eigenvalue weighted by Crippen LogP contribution is -2.13. The molecule has 0 amide bonds. The lowest BCUT2D eigenvalue weighted by molar-refractivity contribution is -0.137. The van der Waals surface area contributed by atoms with Gasteiger partial charge in [-0.3, -0.25) is 0 Å². The molecule has 132 valence electrons. The first-order chi connectivity index (χ1) is 11.6. The summed E-state index contributed by atoms with van der Waals surface area (Å²) in [6.45, 7) is 3.39. The number of carboxylic acids is 1. The molecule has 0 spiro atoms. The number of carbonyl (C=O) groups is 1. The standard InChI is InChI=1S/C16H12ClF3N2O3/c1-8(13(23)24)6-12-21-14(22-25-12)15(4-5-15)9-2-3-10(11(17)7-9)16(18,19)20/h2-3,7H,1,4-6H2,(H,23,24). The SMILES string of the molecule is C=C(Cc1nc(C2(c3ccc(C(F)(F)F)c(Cl)c3)CC2)no1)C(=O)O. The Morgan fingerprint density at radius 1 is 1.40 bits per heavy atom. The highest BCUT2D eigenvalue weighted by Crippen LogP contribution is 2.53. The average molecular weight is 373 g/mol. The monoisotopic (exact) mass is 372 g/mol. The van der Waals surface area contributed by atoms with Crippen LogP contribution in [0.1, 0.15) is 35.7 Å². The van der Waals surface area contributed by atoms with Crippen molar-refractivity contribution in [3.63, 3.8) is 0 Å². The Hall–Kier alpha value is -2.35. The molecule has 1 aliphatic carbocycles. The molecule has 3 rings (SSSR count). The Bertz CT molecular complexity index is 857. The third kappa shape index (κ3) is 3.26. The van der Waals surface area contributed by atoms with Crippen LogP contribution in [0.25, 0.3) is 0 Å². The molecule has 1 aliphatic rings. The van der Waals surface area contributed by atoms with Crippen LogP contribution in [-0.4, -0.2) is 21.2 Å². The van der Waals surface area contributed by atoms with Crippen molar-refractivity contribution in [3.8, 4) is 0 Å². The molecule has 9 heteroatoms. The quantitative estimate of drug-likeness (QED) is 0.803. The highest BCUT2D eigenvalue weighted by Gasteiger charge is 2.50. The second kappa shape index (κ2) is 5.87. The number of carboxylic acid groups (broad SMARTS) is 1. The topological polar surface area (TPSA) is 76.2 Å². The molecule has 1 heterocycles. The van der Waals surface area contributed by atoms with Crippen LogP contribution < -0.4 is 0 Å². The first kappa shape index (κ1) is 17.5. The molecule has 1 aromatic heterocycles. The second-order valence-corrected chi connectivity index (χ2v) is 6.28. The molecule has 2 aromatic rings. The molecule has 1 saturated carbocycles. The summed E-state index contributed by atoms with van der Waals surface area (Å²) >= 11 is 5.78. The van der Waals surface area contributed by atoms with Crippen molar-refractivity contribution in [3.05, 3.63) is 58.2 Å². The Morgan fingerprint density at radius 3 is 2.60 bits per heavy atom. The molecule has 0 atom stereocenters. The summed E-state index contributed by atoms with van der Waals surface area (Å²) in [5.74, 6) is -0.779. The molecule has 0 radical (unpaired) electrons. The van der Waals surface area contributed by atoms with Crippen LogP contribution in [0.5, 0.6) is 0 Å². The van der Waals surface area contributed by atoms with Crippen molar-refractivity contribution in [2.75, 3.05) is 0 Å². The van der Waals surface area contributed by atoms with Crippen LogP contribution >= 0.6 is 11.6 Å². The Labute approximate surface area is 145 Å². The van der Waals surface area contributed by atoms with Crippen molar-refractivity contribution >= 4 is 17.6 Å². The van der Waals surface area contributed by atoms with Crippen molar-refractivity contribution < 1.29 is 27.6 Å². The molecular weight excluding hydrogens is 361 g/mol. The number of nitrogens with zero attached hydrogens (tertiary/aromatic N) is 2. The van der Waals surface area contributed by atoms with Crippen LogP contribution in [0.3, 0.4) is 0 Å². The van der Waals surface area contributed by atoms with E-state index in [1.165, 1.54) is 12.1 Å². The van der Waals surface area contributed by atoms with E-state index in [2.05, 4.69) is 16.7 Å². The number of hydrogen-bond acceptors (Lipinski definition) is 4. The second-order valence-electron chi connectivity index (χ2n) is 5.87. The molecule has 5 nitrogen and oxygen atoms in total. The number of alkyl halides is 3. The normalized spacial score (nSPS) is 15.8. The summed E-state index contributed by atoms with van der Waals surface area (Å²) in [6.07, 6.45) is -3.36. The van der Waals surface area contributed by atoms with E-state index in [9.17, 15) is 18.0 Å². The van der Waals surface area contributed by atoms with Crippen LogP contribution in [0.4, 0.5) is 13.2 Å². The smallest absolute Gasteiger partial charge is 0.417 e. The zero-order valence-corrected chi connectivity index (χ0v) is 13.5. The maximum Gasteiger partial charge on any atom is 0.417 e. The van der Waals surface area contributed by atoms with Gasteiger partial charge in [-0.15, -0.1) is 0 Å². The van der Waals surface area contributed by atoms with Gasteiger partial charge in [0.1, 0.15) is 0 Å². The summed E-state index contributed by atoms with van der Waals surface area (Å²) in [5.41, 5.74) is -1.09. The van der Waals surface area contributed by atoms with Gasteiger partial charge in [-0.1, -0.05) is 29.4 Å². The maximum absolute atomic E-state index is 12.8. The fourth-order valence-electron chi connectivity index (χ4n) is 2.59. The molecule has 1 aromatic carbocycles. The van der Waals surface area contributed by atoms with Crippen LogP contribution in [0.2, 0.25) is 5.02 Å². The van der Waals surface area contributed by atoms with Crippen LogP contribution in [0.15, 0.2) is 34.9 Å². The largest absolute Gasteiger partial charge is 0.478 e. The van der Waals surface area contributed by atoms with Gasteiger partial charge in [0.25, 0.3) is 0 Å². The van der Waals surface area contributed by atoms with E-state index >= 15 is 0 Å². The van der Waals surface area contributed by atoms with Gasteiger partial charge in [0.2, 0.25) is 5.89 Å². The molecule has 0 bridgehead atoms. The van der Waals surface area contributed by atoms with E-state index in [-0.39, 0.29) is 22.9 Å². The van der Waals surface area contributed by atoms with Crippen molar-refractivity contribution in [2.24, 2.45) is 0 Å². The molecule has 0 aliphatic heterocycles. The number of hydrogen-bond donors (Lipinski definition) is 1. The van der Waals surface area contributed by atoms with Gasteiger partial charge < -0.3 is 9.63 Å². The van der Waals surface area contributed by atoms with E-state index < -0.39 is 23.1 Å². The molecule has 0 unspecified atom stereocenters. The Morgan fingerprint density at radius 2 is 2.08 bits per heavy atom. The third-order valence-electron chi connectivity index (χ3n) is 4.14. The van der Waals surface area contributed by atoms with Crippen molar-refractivity contribution in [2.45, 2.75) is 30.9 Å². The van der Waals surface area contributed by atoms with Crippen molar-refractivity contribution in [1.82, 2.24) is 10.1 Å². The number of rotatable bonds is 5. The molecule has 25 heavy (non-hydrogen) atoms. The Balaban J connectivity index is 1.88. The van der Waals surface area contributed by atoms with E-state index in [1.807, 2.05) is 0 Å². The fraction of sp³-hybridized carbons (Fsp3) is 0.312. The molecule has 1 fully saturated rings. The van der Waals surface area contributed by atoms with E-state index in [0.29, 0.717) is 24.2 Å². The highest BCUT2D eigenvalue weighted by atomic mass is 35.5. The summed E-state index contributed by atoms with van der Waals surface area (Å²) in [7, 11) is 0. The molecule has 0 saturated heterocycles. The lowest BCUT2D eigenvalue weighted by atomic mass is 9.94. The number of aliphatic carboxylic acids is 1. The predicted octanol–water partition coefficient (Wildman–Crippen LogP) is 4.01. The minimum Gasteiger partial charge on any atom is -0.478 e. The van der Waals surface area contributed by atoms with Gasteiger partial charge in [0.05, 0.1) is 22.4 Å². The summed E-state index contributed by atoms with van der Waals surface area (Å²) in [5, 5.41) is 12.3. The Kier molecular flexibility index (Phi) is 4.10. The average Bonchev–Trinajstić information content (AvgIpc) is 3.19. The highest BCUT2D eigenvalue weighted by molar-refractivity contribution is 6.31. The fourth-order valence-corrected chi connectivity index (χ4v) is 2.88. The van der Waals surface area contributed by atoms with Gasteiger partial charge in [0, 0.05) is 5.57 Å². The number of aromatic nitrogens is 2. The maximum atomic E-state index is 12.8. The first-order valence-electron chi connectivity index (χ1n) is 7.25. The summed E-state index contributed by atoms with van der Waals surface area (Å²) in [4.78, 5) is 15.0. The predicted molar refractivity (Wildman–Crippen MR) is 81.2 cm³/mol. The van der Waals surface area contributed by atoms with Gasteiger partial charge in [-0.2, -0.15) is 18.2 Å². The van der Waals surface area contributed by atoms with Crippen molar-refractivity contribution in [1.29, 1.82) is 0 Å². The van der Waals surface area contributed by atoms with Gasteiger partial charge in [-0.05, 0) is 30.5 Å². The number of halogens is 4. The van der Waals surface area contributed by atoms with E-state index in [1.54, 1.807) is 0 Å². The van der Waals surface area contributed by atoms with Gasteiger partial charge in [-0.25, -0.2) is 4.79 Å². The number of benzene rings is 1. The molecular formula is C16H12ClF3N2O3. The lowest BCUT2D eigenvalue weighted by Gasteiger charge is -2.14. The van der Waals surface area contributed by atoms with E-state index in [0.717, 1.165) is 6.07 Å². The zero-order valence-electron chi connectivity index (χ0n) is 12.7. The summed E-state index contributed by atoms with van der Waals surface area (Å²) < 4.78 is 43.5. The minimum absolute atomic E-state index is 0.0895. The third-order valence-corrected chi connectivity index (χ3v) is 4.45. The summed E-state index contributed by atoms with van der Waals surface area (Å²) in [6, 6.07) is 3.56. The van der Waals surface area contributed by atoms with E-state index in [4.69, 9.17) is 21.2 Å².